The van der Waals surface area contributed by atoms with Crippen molar-refractivity contribution >= 4 is 31.9 Å². The van der Waals surface area contributed by atoms with Crippen molar-refractivity contribution in [3.63, 3.8) is 0 Å². The first-order valence-electron chi connectivity index (χ1n) is 14.1. The fourth-order valence-electron chi connectivity index (χ4n) is 4.33. The average molecular weight is 588 g/mol. The summed E-state index contributed by atoms with van der Waals surface area (Å²) in [6, 6.07) is 13.1. The number of hydrogen-bond donors (Lipinski definition) is 1. The molecule has 1 saturated heterocycles. The quantitative estimate of drug-likeness (QED) is 0.306. The van der Waals surface area contributed by atoms with Crippen molar-refractivity contribution in [2.45, 2.75) is 84.3 Å². The predicted octanol–water partition coefficient (Wildman–Crippen LogP) is 6.88. The molecule has 0 aromatic heterocycles. The van der Waals surface area contributed by atoms with Crippen LogP contribution in [0.4, 0.5) is 25.4 Å². The minimum absolute atomic E-state index is 0.0503. The summed E-state index contributed by atoms with van der Waals surface area (Å²) in [4.78, 5) is 28.2. The van der Waals surface area contributed by atoms with E-state index < -0.39 is 38.0 Å². The number of hydrogen-bond acceptors (Lipinski definition) is 6. The van der Waals surface area contributed by atoms with E-state index in [-0.39, 0.29) is 18.1 Å². The van der Waals surface area contributed by atoms with Crippen molar-refractivity contribution in [2.75, 3.05) is 36.5 Å². The normalized spacial score (nSPS) is 16.0. The van der Waals surface area contributed by atoms with E-state index in [4.69, 9.17) is 13.9 Å². The fraction of sp³-hybridized carbons (Fsp3) is 0.548. The maximum atomic E-state index is 15.9. The summed E-state index contributed by atoms with van der Waals surface area (Å²) in [5.41, 5.74) is 2.06. The molecule has 41 heavy (non-hydrogen) atoms. The Labute approximate surface area is 245 Å². The average Bonchev–Trinajstić information content (AvgIpc) is 3.21. The molecule has 10 heteroatoms. The Morgan fingerprint density at radius 3 is 2.41 bits per heavy atom. The number of nitrogens with zero attached hydrogens (tertiary/aromatic N) is 2. The molecule has 0 bridgehead atoms. The molecule has 1 fully saturated rings. The van der Waals surface area contributed by atoms with E-state index in [2.05, 4.69) is 39.2 Å². The smallest absolute Gasteiger partial charge is 0.414 e. The summed E-state index contributed by atoms with van der Waals surface area (Å²) in [7, 11) is -0.141. The fourth-order valence-corrected chi connectivity index (χ4v) is 5.38. The number of benzene rings is 2. The SMILES string of the molecule is CN(Cc1ccccc1)c1c(F)cc(N2C[C@H](CNC(=O)OC(C)(C)C)OC2=O)cc1CCO[Si](C)(C)C(C)(C)C. The van der Waals surface area contributed by atoms with Gasteiger partial charge in [0.15, 0.2) is 8.32 Å². The molecule has 8 nitrogen and oxygen atoms in total. The van der Waals surface area contributed by atoms with Crippen LogP contribution in [-0.4, -0.2) is 59.0 Å². The first-order valence-corrected chi connectivity index (χ1v) is 17.0. The molecule has 2 aromatic carbocycles. The number of nitrogens with one attached hydrogen (secondary N) is 1. The maximum absolute atomic E-state index is 15.9. The largest absolute Gasteiger partial charge is 0.444 e. The Balaban J connectivity index is 1.82. The second-order valence-corrected chi connectivity index (χ2v) is 17.9. The first-order chi connectivity index (χ1) is 19.0. The van der Waals surface area contributed by atoms with Gasteiger partial charge < -0.3 is 24.1 Å². The van der Waals surface area contributed by atoms with E-state index in [0.29, 0.717) is 30.9 Å². The van der Waals surface area contributed by atoms with Gasteiger partial charge in [-0.2, -0.15) is 0 Å². The van der Waals surface area contributed by atoms with E-state index >= 15 is 4.39 Å². The summed E-state index contributed by atoms with van der Waals surface area (Å²) in [6.07, 6.45) is -1.29. The van der Waals surface area contributed by atoms with Gasteiger partial charge in [0.1, 0.15) is 17.5 Å². The van der Waals surface area contributed by atoms with Crippen LogP contribution in [0.25, 0.3) is 0 Å². The summed E-state index contributed by atoms with van der Waals surface area (Å²) < 4.78 is 33.0. The number of halogens is 1. The van der Waals surface area contributed by atoms with E-state index in [1.807, 2.05) is 48.3 Å². The standard InChI is InChI=1S/C31H46FN3O5Si/c1-30(2,3)40-28(36)33-19-25-21-35(29(37)39-25)24-17-23(15-16-38-41(8,9)31(4,5)6)27(26(32)18-24)34(7)20-22-13-11-10-12-14-22/h10-14,17-18,25H,15-16,19-21H2,1-9H3,(H,33,36)/t25-/m0/s1. The van der Waals surface area contributed by atoms with Crippen LogP contribution in [0.5, 0.6) is 0 Å². The van der Waals surface area contributed by atoms with Crippen LogP contribution in [0.15, 0.2) is 42.5 Å². The number of carbonyl (C=O) groups excluding carboxylic acids is 2. The number of alkyl carbamates (subject to hydrolysis) is 1. The van der Waals surface area contributed by atoms with Gasteiger partial charge in [0.25, 0.3) is 0 Å². The number of ether oxygens (including phenoxy) is 2. The van der Waals surface area contributed by atoms with Crippen molar-refractivity contribution < 1.29 is 27.9 Å². The molecule has 2 amide bonds. The lowest BCUT2D eigenvalue weighted by atomic mass is 10.1. The molecule has 1 aliphatic heterocycles. The highest BCUT2D eigenvalue weighted by atomic mass is 28.4. The lowest BCUT2D eigenvalue weighted by Crippen LogP contribution is -2.41. The molecule has 0 saturated carbocycles. The molecular formula is C31H46FN3O5Si. The van der Waals surface area contributed by atoms with Gasteiger partial charge in [-0.1, -0.05) is 51.1 Å². The zero-order valence-corrected chi connectivity index (χ0v) is 27.0. The van der Waals surface area contributed by atoms with Crippen LogP contribution in [0.2, 0.25) is 18.1 Å². The third kappa shape index (κ3) is 8.93. The zero-order valence-electron chi connectivity index (χ0n) is 26.0. The van der Waals surface area contributed by atoms with Crippen LogP contribution < -0.4 is 15.1 Å². The second kappa shape index (κ2) is 12.8. The summed E-state index contributed by atoms with van der Waals surface area (Å²) >= 11 is 0. The molecule has 2 aromatic rings. The number of cyclic esters (lactones) is 1. The molecule has 1 heterocycles. The van der Waals surface area contributed by atoms with Crippen molar-refractivity contribution in [3.05, 3.63) is 59.4 Å². The number of amides is 2. The Hall–Kier alpha value is -3.11. The van der Waals surface area contributed by atoms with Gasteiger partial charge in [0.2, 0.25) is 0 Å². The second-order valence-electron chi connectivity index (χ2n) is 13.1. The van der Waals surface area contributed by atoms with E-state index in [1.54, 1.807) is 20.8 Å². The van der Waals surface area contributed by atoms with Crippen LogP contribution in [0.1, 0.15) is 52.7 Å². The third-order valence-electron chi connectivity index (χ3n) is 7.47. The third-order valence-corrected chi connectivity index (χ3v) is 12.0. The van der Waals surface area contributed by atoms with Crippen molar-refractivity contribution in [2.24, 2.45) is 0 Å². The van der Waals surface area contributed by atoms with Crippen LogP contribution >= 0.6 is 0 Å². The Morgan fingerprint density at radius 1 is 1.15 bits per heavy atom. The topological polar surface area (TPSA) is 80.3 Å². The molecule has 226 valence electrons. The van der Waals surface area contributed by atoms with E-state index in [9.17, 15) is 9.59 Å². The minimum atomic E-state index is -2.01. The zero-order chi connectivity index (χ0) is 30.6. The lowest BCUT2D eigenvalue weighted by molar-refractivity contribution is 0.0496. The highest BCUT2D eigenvalue weighted by Crippen LogP contribution is 2.37. The van der Waals surface area contributed by atoms with Crippen LogP contribution in [0, 0.1) is 5.82 Å². The molecule has 1 aliphatic rings. The highest BCUT2D eigenvalue weighted by Gasteiger charge is 2.37. The Bertz CT molecular complexity index is 1210. The molecule has 3 rings (SSSR count). The van der Waals surface area contributed by atoms with Crippen molar-refractivity contribution in [3.8, 4) is 0 Å². The molecule has 0 aliphatic carbocycles. The Kier molecular flexibility index (Phi) is 10.1. The summed E-state index contributed by atoms with van der Waals surface area (Å²) in [5.74, 6) is -0.425. The molecular weight excluding hydrogens is 541 g/mol. The molecule has 0 radical (unpaired) electrons. The molecule has 0 unspecified atom stereocenters. The van der Waals surface area contributed by atoms with Gasteiger partial charge >= 0.3 is 12.2 Å². The van der Waals surface area contributed by atoms with Crippen LogP contribution in [-0.2, 0) is 26.9 Å². The number of carbonyl (C=O) groups is 2. The highest BCUT2D eigenvalue weighted by molar-refractivity contribution is 6.74. The predicted molar refractivity (Wildman–Crippen MR) is 164 cm³/mol. The van der Waals surface area contributed by atoms with Crippen molar-refractivity contribution in [1.82, 2.24) is 5.32 Å². The number of rotatable bonds is 10. The first kappa shape index (κ1) is 32.4. The molecule has 1 N–H and O–H groups in total. The Morgan fingerprint density at radius 2 is 1.80 bits per heavy atom. The van der Waals surface area contributed by atoms with Crippen molar-refractivity contribution in [1.29, 1.82) is 0 Å². The minimum Gasteiger partial charge on any atom is -0.444 e. The van der Waals surface area contributed by atoms with Gasteiger partial charge in [-0.15, -0.1) is 0 Å². The summed E-state index contributed by atoms with van der Waals surface area (Å²) in [6.45, 7) is 17.5. The van der Waals surface area contributed by atoms with Gasteiger partial charge in [-0.25, -0.2) is 14.0 Å². The van der Waals surface area contributed by atoms with Gasteiger partial charge in [-0.05, 0) is 68.6 Å². The molecule has 0 spiro atoms. The van der Waals surface area contributed by atoms with Gasteiger partial charge in [0.05, 0.1) is 24.5 Å². The summed E-state index contributed by atoms with van der Waals surface area (Å²) in [5, 5.41) is 2.69. The van der Waals surface area contributed by atoms with E-state index in [1.165, 1.54) is 11.0 Å². The van der Waals surface area contributed by atoms with E-state index in [0.717, 1.165) is 11.1 Å². The number of anilines is 2. The monoisotopic (exact) mass is 587 g/mol. The van der Waals surface area contributed by atoms with Gasteiger partial charge in [0, 0.05) is 20.2 Å². The maximum Gasteiger partial charge on any atom is 0.414 e. The molecule has 1 atom stereocenters. The van der Waals surface area contributed by atoms with Crippen LogP contribution in [0.3, 0.4) is 0 Å². The van der Waals surface area contributed by atoms with Gasteiger partial charge in [-0.3, -0.25) is 4.90 Å². The lowest BCUT2D eigenvalue weighted by Gasteiger charge is -2.36.